The van der Waals surface area contributed by atoms with Crippen LogP contribution in [0.15, 0.2) is 0 Å². The maximum absolute atomic E-state index is 10.1. The minimum atomic E-state index is -0.845. The molecule has 4 nitrogen and oxygen atoms in total. The average molecular weight is 154 g/mol. The second-order valence-corrected chi connectivity index (χ2v) is 1.61. The molecule has 5 heteroatoms. The monoisotopic (exact) mass is 153 g/mol. The van der Waals surface area contributed by atoms with E-state index in [0.29, 0.717) is 6.73 Å². The summed E-state index contributed by atoms with van der Waals surface area (Å²) in [6, 6.07) is -0.491. The number of carbonyl (C=O) groups is 1. The summed E-state index contributed by atoms with van der Waals surface area (Å²) in [5, 5.41) is 10.9. The van der Waals surface area contributed by atoms with Crippen molar-refractivity contribution >= 4 is 18.4 Å². The van der Waals surface area contributed by atoms with Crippen LogP contribution in [0.3, 0.4) is 0 Å². The van der Waals surface area contributed by atoms with Crippen molar-refractivity contribution in [1.29, 1.82) is 0 Å². The zero-order valence-electron chi connectivity index (χ0n) is 4.66. The van der Waals surface area contributed by atoms with E-state index in [1.54, 1.807) is 0 Å². The van der Waals surface area contributed by atoms with Crippen molar-refractivity contribution in [2.75, 3.05) is 13.3 Å². The fourth-order valence-electron chi connectivity index (χ4n) is 0.554. The van der Waals surface area contributed by atoms with E-state index in [0.717, 1.165) is 0 Å². The maximum Gasteiger partial charge on any atom is 0.323 e. The molecular weight excluding hydrogens is 146 g/mol. The lowest BCUT2D eigenvalue weighted by Crippen LogP contribution is -2.32. The molecule has 0 aromatic heterocycles. The van der Waals surface area contributed by atoms with E-state index < -0.39 is 12.0 Å². The Hall–Kier alpha value is -0.320. The van der Waals surface area contributed by atoms with Gasteiger partial charge in [0.15, 0.2) is 0 Å². The molecule has 1 atom stereocenters. The van der Waals surface area contributed by atoms with Crippen molar-refractivity contribution < 1.29 is 14.6 Å². The van der Waals surface area contributed by atoms with Gasteiger partial charge in [-0.05, 0) is 0 Å². The van der Waals surface area contributed by atoms with Crippen molar-refractivity contribution in [3.8, 4) is 0 Å². The Morgan fingerprint density at radius 3 is 2.67 bits per heavy atom. The Morgan fingerprint density at radius 2 is 2.44 bits per heavy atom. The third-order valence-electron chi connectivity index (χ3n) is 1.01. The SMILES string of the molecule is Cl.O=C(O)C1COCN1. The molecule has 0 amide bonds. The van der Waals surface area contributed by atoms with Crippen molar-refractivity contribution in [3.05, 3.63) is 0 Å². The number of rotatable bonds is 1. The van der Waals surface area contributed by atoms with Gasteiger partial charge in [0.2, 0.25) is 0 Å². The summed E-state index contributed by atoms with van der Waals surface area (Å²) in [5.41, 5.74) is 0. The minimum Gasteiger partial charge on any atom is -0.480 e. The first-order valence-electron chi connectivity index (χ1n) is 2.34. The summed E-state index contributed by atoms with van der Waals surface area (Å²) in [5.74, 6) is -0.845. The molecule has 0 aromatic carbocycles. The molecule has 1 unspecified atom stereocenters. The Kier molecular flexibility index (Phi) is 3.53. The molecular formula is C4H8ClNO3. The van der Waals surface area contributed by atoms with E-state index in [1.165, 1.54) is 0 Å². The van der Waals surface area contributed by atoms with Crippen LogP contribution in [0.25, 0.3) is 0 Å². The smallest absolute Gasteiger partial charge is 0.323 e. The number of carboxylic acids is 1. The summed E-state index contributed by atoms with van der Waals surface area (Å²) in [6.45, 7) is 0.645. The molecule has 0 spiro atoms. The molecule has 1 fully saturated rings. The summed E-state index contributed by atoms with van der Waals surface area (Å²) in [6.07, 6.45) is 0. The first-order chi connectivity index (χ1) is 3.80. The molecule has 1 rings (SSSR count). The molecule has 0 bridgehead atoms. The van der Waals surface area contributed by atoms with Gasteiger partial charge in [-0.25, -0.2) is 0 Å². The van der Waals surface area contributed by atoms with E-state index in [1.807, 2.05) is 0 Å². The molecule has 1 heterocycles. The molecule has 1 aliphatic heterocycles. The van der Waals surface area contributed by atoms with Crippen molar-refractivity contribution in [3.63, 3.8) is 0 Å². The molecule has 0 aromatic rings. The normalized spacial score (nSPS) is 25.1. The molecule has 0 saturated carbocycles. The van der Waals surface area contributed by atoms with Crippen LogP contribution in [0.4, 0.5) is 0 Å². The van der Waals surface area contributed by atoms with Gasteiger partial charge in [0.05, 0.1) is 13.3 Å². The van der Waals surface area contributed by atoms with Crippen LogP contribution in [-0.2, 0) is 9.53 Å². The number of ether oxygens (including phenoxy) is 1. The predicted octanol–water partition coefficient (Wildman–Crippen LogP) is -0.561. The average Bonchev–Trinajstić information content (AvgIpc) is 2.12. The molecule has 1 saturated heterocycles. The topological polar surface area (TPSA) is 58.6 Å². The van der Waals surface area contributed by atoms with Gasteiger partial charge in [0.25, 0.3) is 0 Å². The van der Waals surface area contributed by atoms with E-state index in [2.05, 4.69) is 5.32 Å². The first kappa shape index (κ1) is 8.68. The minimum absolute atomic E-state index is 0. The number of hydrogen-bond acceptors (Lipinski definition) is 3. The van der Waals surface area contributed by atoms with Gasteiger partial charge in [0.1, 0.15) is 6.04 Å². The standard InChI is InChI=1S/C4H7NO3.ClH/c6-4(7)3-1-8-2-5-3;/h3,5H,1-2H2,(H,6,7);1H. The van der Waals surface area contributed by atoms with E-state index in [9.17, 15) is 4.79 Å². The quantitative estimate of drug-likeness (QED) is 0.530. The van der Waals surface area contributed by atoms with Crippen LogP contribution in [0.1, 0.15) is 0 Å². The molecule has 54 valence electrons. The number of halogens is 1. The summed E-state index contributed by atoms with van der Waals surface area (Å²) in [4.78, 5) is 10.1. The fourth-order valence-corrected chi connectivity index (χ4v) is 0.554. The predicted molar refractivity (Wildman–Crippen MR) is 32.6 cm³/mol. The zero-order chi connectivity index (χ0) is 5.98. The van der Waals surface area contributed by atoms with Crippen molar-refractivity contribution in [2.45, 2.75) is 6.04 Å². The van der Waals surface area contributed by atoms with Gasteiger partial charge >= 0.3 is 5.97 Å². The summed E-state index contributed by atoms with van der Waals surface area (Å²) < 4.78 is 4.73. The highest BCUT2D eigenvalue weighted by Gasteiger charge is 2.20. The van der Waals surface area contributed by atoms with E-state index in [4.69, 9.17) is 9.84 Å². The molecule has 0 aliphatic carbocycles. The summed E-state index contributed by atoms with van der Waals surface area (Å²) >= 11 is 0. The largest absolute Gasteiger partial charge is 0.480 e. The number of carboxylic acid groups (broad SMARTS) is 1. The van der Waals surface area contributed by atoms with Gasteiger partial charge in [-0.15, -0.1) is 12.4 Å². The number of aliphatic carboxylic acids is 1. The van der Waals surface area contributed by atoms with Gasteiger partial charge < -0.3 is 9.84 Å². The van der Waals surface area contributed by atoms with E-state index >= 15 is 0 Å². The highest BCUT2D eigenvalue weighted by Crippen LogP contribution is 1.92. The highest BCUT2D eigenvalue weighted by atomic mass is 35.5. The van der Waals surface area contributed by atoms with Gasteiger partial charge in [-0.1, -0.05) is 0 Å². The fraction of sp³-hybridized carbons (Fsp3) is 0.750. The van der Waals surface area contributed by atoms with Crippen LogP contribution in [0.5, 0.6) is 0 Å². The van der Waals surface area contributed by atoms with Gasteiger partial charge in [0, 0.05) is 0 Å². The maximum atomic E-state index is 10.1. The lowest BCUT2D eigenvalue weighted by Gasteiger charge is -1.96. The second kappa shape index (κ2) is 3.66. The van der Waals surface area contributed by atoms with Crippen LogP contribution < -0.4 is 5.32 Å². The van der Waals surface area contributed by atoms with Crippen LogP contribution in [0, 0.1) is 0 Å². The molecule has 1 aliphatic rings. The van der Waals surface area contributed by atoms with Crippen LogP contribution in [0.2, 0.25) is 0 Å². The number of hydrogen-bond donors (Lipinski definition) is 2. The molecule has 2 N–H and O–H groups in total. The molecule has 9 heavy (non-hydrogen) atoms. The lowest BCUT2D eigenvalue weighted by molar-refractivity contribution is -0.139. The Morgan fingerprint density at radius 1 is 1.78 bits per heavy atom. The Bertz CT molecular complexity index is 102. The Balaban J connectivity index is 0.000000640. The third-order valence-corrected chi connectivity index (χ3v) is 1.01. The van der Waals surface area contributed by atoms with Gasteiger partial charge in [-0.2, -0.15) is 0 Å². The summed E-state index contributed by atoms with van der Waals surface area (Å²) in [7, 11) is 0. The van der Waals surface area contributed by atoms with Crippen LogP contribution in [-0.4, -0.2) is 30.5 Å². The van der Waals surface area contributed by atoms with E-state index in [-0.39, 0.29) is 19.0 Å². The lowest BCUT2D eigenvalue weighted by atomic mass is 10.3. The van der Waals surface area contributed by atoms with Gasteiger partial charge in [-0.3, -0.25) is 10.1 Å². The first-order valence-corrected chi connectivity index (χ1v) is 2.34. The van der Waals surface area contributed by atoms with Crippen molar-refractivity contribution in [2.24, 2.45) is 0 Å². The Labute approximate surface area is 58.6 Å². The molecule has 0 radical (unpaired) electrons. The van der Waals surface area contributed by atoms with Crippen LogP contribution >= 0.6 is 12.4 Å². The third kappa shape index (κ3) is 2.17. The van der Waals surface area contributed by atoms with Crippen molar-refractivity contribution in [1.82, 2.24) is 5.32 Å². The highest BCUT2D eigenvalue weighted by molar-refractivity contribution is 5.85. The second-order valence-electron chi connectivity index (χ2n) is 1.61. The zero-order valence-corrected chi connectivity index (χ0v) is 5.48. The number of nitrogens with one attached hydrogen (secondary N) is 1.